The first-order valence-electron chi connectivity index (χ1n) is 10.7. The highest BCUT2D eigenvalue weighted by molar-refractivity contribution is 7.92. The SMILES string of the molecule is CC[C@H](C(=O)NC(C)(C)C)N(Cc1ccccc1)C(=O)CN(c1ccccc1Cl)S(C)(=O)=O. The number of anilines is 1. The first kappa shape index (κ1) is 26.7. The highest BCUT2D eigenvalue weighted by Gasteiger charge is 2.33. The summed E-state index contributed by atoms with van der Waals surface area (Å²) in [7, 11) is -3.82. The Bertz CT molecular complexity index is 1070. The molecular formula is C24H32ClN3O4S. The van der Waals surface area contributed by atoms with Crippen LogP contribution < -0.4 is 9.62 Å². The van der Waals surface area contributed by atoms with Crippen molar-refractivity contribution < 1.29 is 18.0 Å². The number of carbonyl (C=O) groups excluding carboxylic acids is 2. The van der Waals surface area contributed by atoms with Crippen molar-refractivity contribution in [3.05, 3.63) is 65.2 Å². The Kier molecular flexibility index (Phi) is 8.91. The van der Waals surface area contributed by atoms with E-state index in [-0.39, 0.29) is 23.2 Å². The molecule has 2 aromatic rings. The third-order valence-corrected chi connectivity index (χ3v) is 6.33. The second-order valence-electron chi connectivity index (χ2n) is 8.89. The summed E-state index contributed by atoms with van der Waals surface area (Å²) >= 11 is 6.24. The summed E-state index contributed by atoms with van der Waals surface area (Å²) in [5.41, 5.74) is 0.556. The van der Waals surface area contributed by atoms with Gasteiger partial charge in [-0.3, -0.25) is 13.9 Å². The molecule has 2 rings (SSSR count). The van der Waals surface area contributed by atoms with Crippen molar-refractivity contribution in [3.63, 3.8) is 0 Å². The topological polar surface area (TPSA) is 86.8 Å². The second kappa shape index (κ2) is 11.0. The van der Waals surface area contributed by atoms with Gasteiger partial charge in [0.25, 0.3) is 0 Å². The second-order valence-corrected chi connectivity index (χ2v) is 11.2. The molecule has 0 spiro atoms. The maximum Gasteiger partial charge on any atom is 0.244 e. The Morgan fingerprint density at radius 1 is 1.03 bits per heavy atom. The number of nitrogens with one attached hydrogen (secondary N) is 1. The highest BCUT2D eigenvalue weighted by Crippen LogP contribution is 2.27. The maximum absolute atomic E-state index is 13.6. The predicted octanol–water partition coefficient (Wildman–Crippen LogP) is 3.83. The molecular weight excluding hydrogens is 462 g/mol. The average Bonchev–Trinajstić information content (AvgIpc) is 2.71. The van der Waals surface area contributed by atoms with Gasteiger partial charge in [-0.25, -0.2) is 8.42 Å². The van der Waals surface area contributed by atoms with Gasteiger partial charge in [0.05, 0.1) is 17.0 Å². The first-order valence-corrected chi connectivity index (χ1v) is 12.9. The lowest BCUT2D eigenvalue weighted by molar-refractivity contribution is -0.141. The minimum absolute atomic E-state index is 0.163. The van der Waals surface area contributed by atoms with E-state index < -0.39 is 34.1 Å². The molecule has 0 saturated heterocycles. The predicted molar refractivity (Wildman–Crippen MR) is 133 cm³/mol. The third-order valence-electron chi connectivity index (χ3n) is 4.88. The van der Waals surface area contributed by atoms with Crippen LogP contribution in [-0.2, 0) is 26.2 Å². The van der Waals surface area contributed by atoms with Crippen LogP contribution in [0, 0.1) is 0 Å². The lowest BCUT2D eigenvalue weighted by Gasteiger charge is -2.34. The van der Waals surface area contributed by atoms with Gasteiger partial charge in [-0.15, -0.1) is 0 Å². The zero-order valence-corrected chi connectivity index (χ0v) is 21.3. The lowest BCUT2D eigenvalue weighted by Crippen LogP contribution is -2.55. The molecule has 33 heavy (non-hydrogen) atoms. The minimum Gasteiger partial charge on any atom is -0.350 e. The number of amides is 2. The van der Waals surface area contributed by atoms with Crippen LogP contribution in [0.1, 0.15) is 39.7 Å². The molecule has 0 aliphatic carbocycles. The summed E-state index contributed by atoms with van der Waals surface area (Å²) in [5.74, 6) is -0.793. The van der Waals surface area contributed by atoms with Crippen LogP contribution in [0.5, 0.6) is 0 Å². The first-order chi connectivity index (χ1) is 15.3. The van der Waals surface area contributed by atoms with Gasteiger partial charge in [0.15, 0.2) is 0 Å². The Morgan fingerprint density at radius 2 is 1.61 bits per heavy atom. The van der Waals surface area contributed by atoms with E-state index in [9.17, 15) is 18.0 Å². The quantitative estimate of drug-likeness (QED) is 0.575. The Hall–Kier alpha value is -2.58. The number of rotatable bonds is 9. The molecule has 2 amide bonds. The Balaban J connectivity index is 2.44. The van der Waals surface area contributed by atoms with Gasteiger partial charge in [0.2, 0.25) is 21.8 Å². The van der Waals surface area contributed by atoms with Gasteiger partial charge in [-0.1, -0.05) is 61.0 Å². The summed E-state index contributed by atoms with van der Waals surface area (Å²) in [5, 5.41) is 3.14. The molecule has 0 bridgehead atoms. The van der Waals surface area contributed by atoms with E-state index >= 15 is 0 Å². The number of hydrogen-bond acceptors (Lipinski definition) is 4. The van der Waals surface area contributed by atoms with Gasteiger partial charge < -0.3 is 10.2 Å². The fourth-order valence-corrected chi connectivity index (χ4v) is 4.55. The van der Waals surface area contributed by atoms with Crippen LogP contribution in [0.3, 0.4) is 0 Å². The van der Waals surface area contributed by atoms with Crippen LogP contribution in [0.25, 0.3) is 0 Å². The molecule has 0 aliphatic heterocycles. The molecule has 9 heteroatoms. The fraction of sp³-hybridized carbons (Fsp3) is 0.417. The van der Waals surface area contributed by atoms with Crippen molar-refractivity contribution in [2.45, 2.75) is 52.2 Å². The summed E-state index contributed by atoms with van der Waals surface area (Å²) in [6.07, 6.45) is 1.39. The molecule has 2 aromatic carbocycles. The average molecular weight is 494 g/mol. The summed E-state index contributed by atoms with van der Waals surface area (Å²) in [6, 6.07) is 14.9. The molecule has 0 radical (unpaired) electrons. The van der Waals surface area contributed by atoms with Gasteiger partial charge in [0.1, 0.15) is 12.6 Å². The molecule has 0 aliphatic rings. The molecule has 0 unspecified atom stereocenters. The number of para-hydroxylation sites is 1. The van der Waals surface area contributed by atoms with E-state index in [0.717, 1.165) is 16.1 Å². The number of carbonyl (C=O) groups is 2. The summed E-state index contributed by atoms with van der Waals surface area (Å²) in [4.78, 5) is 28.1. The monoisotopic (exact) mass is 493 g/mol. The van der Waals surface area contributed by atoms with Crippen LogP contribution in [0.2, 0.25) is 5.02 Å². The van der Waals surface area contributed by atoms with Gasteiger partial charge in [-0.05, 0) is 44.9 Å². The van der Waals surface area contributed by atoms with Crippen molar-refractivity contribution in [3.8, 4) is 0 Å². The minimum atomic E-state index is -3.82. The molecule has 180 valence electrons. The zero-order chi connectivity index (χ0) is 24.8. The van der Waals surface area contributed by atoms with E-state index in [1.807, 2.05) is 58.0 Å². The standard InChI is InChI=1S/C24H32ClN3O4S/c1-6-20(23(30)26-24(2,3)4)27(16-18-12-8-7-9-13-18)22(29)17-28(33(5,31)32)21-15-11-10-14-19(21)25/h7-15,20H,6,16-17H2,1-5H3,(H,26,30)/t20-/m1/s1. The number of hydrogen-bond donors (Lipinski definition) is 1. The molecule has 0 heterocycles. The van der Waals surface area contributed by atoms with E-state index in [1.54, 1.807) is 24.3 Å². The van der Waals surface area contributed by atoms with Crippen LogP contribution in [0.15, 0.2) is 54.6 Å². The van der Waals surface area contributed by atoms with Crippen molar-refractivity contribution >= 4 is 39.1 Å². The fourth-order valence-electron chi connectivity index (χ4n) is 3.40. The van der Waals surface area contributed by atoms with Crippen molar-refractivity contribution in [2.75, 3.05) is 17.1 Å². The van der Waals surface area contributed by atoms with Crippen molar-refractivity contribution in [1.29, 1.82) is 0 Å². The summed E-state index contributed by atoms with van der Waals surface area (Å²) in [6.45, 7) is 7.10. The normalized spacial score (nSPS) is 12.7. The van der Waals surface area contributed by atoms with Crippen molar-refractivity contribution in [1.82, 2.24) is 10.2 Å². The molecule has 0 fully saturated rings. The molecule has 1 atom stereocenters. The van der Waals surface area contributed by atoms with Gasteiger partial charge in [0, 0.05) is 12.1 Å². The maximum atomic E-state index is 13.6. The highest BCUT2D eigenvalue weighted by atomic mass is 35.5. The lowest BCUT2D eigenvalue weighted by atomic mass is 10.1. The third kappa shape index (κ3) is 7.75. The van der Waals surface area contributed by atoms with Crippen LogP contribution in [0.4, 0.5) is 5.69 Å². The zero-order valence-electron chi connectivity index (χ0n) is 19.7. The molecule has 7 nitrogen and oxygen atoms in total. The van der Waals surface area contributed by atoms with E-state index in [0.29, 0.717) is 6.42 Å². The van der Waals surface area contributed by atoms with E-state index in [1.165, 1.54) is 4.90 Å². The van der Waals surface area contributed by atoms with E-state index in [2.05, 4.69) is 5.32 Å². The van der Waals surface area contributed by atoms with Crippen LogP contribution in [-0.4, -0.2) is 49.5 Å². The number of sulfonamides is 1. The number of nitrogens with zero attached hydrogens (tertiary/aromatic N) is 2. The Labute approximate surface area is 201 Å². The van der Waals surface area contributed by atoms with Gasteiger partial charge >= 0.3 is 0 Å². The van der Waals surface area contributed by atoms with E-state index in [4.69, 9.17) is 11.6 Å². The summed E-state index contributed by atoms with van der Waals surface area (Å²) < 4.78 is 26.1. The largest absolute Gasteiger partial charge is 0.350 e. The molecule has 1 N–H and O–H groups in total. The molecule has 0 saturated carbocycles. The molecule has 0 aromatic heterocycles. The van der Waals surface area contributed by atoms with Crippen molar-refractivity contribution in [2.24, 2.45) is 0 Å². The smallest absolute Gasteiger partial charge is 0.244 e. The van der Waals surface area contributed by atoms with Gasteiger partial charge in [-0.2, -0.15) is 0 Å². The number of benzene rings is 2. The number of halogens is 1. The Morgan fingerprint density at radius 3 is 2.12 bits per heavy atom. The van der Waals surface area contributed by atoms with Crippen LogP contribution >= 0.6 is 11.6 Å².